The van der Waals surface area contributed by atoms with Gasteiger partial charge in [0.05, 0.1) is 0 Å². The van der Waals surface area contributed by atoms with Crippen molar-refractivity contribution in [2.24, 2.45) is 0 Å². The Balaban J connectivity index is 2.05. The van der Waals surface area contributed by atoms with Gasteiger partial charge in [-0.15, -0.1) is 0 Å². The smallest absolute Gasteiger partial charge is 0.261 e. The van der Waals surface area contributed by atoms with Gasteiger partial charge in [0.1, 0.15) is 11.9 Å². The zero-order valence-corrected chi connectivity index (χ0v) is 9.78. The number of fused-ring (bicyclic) bond motifs is 1. The molecule has 1 heterocycles. The second-order valence-corrected chi connectivity index (χ2v) is 4.49. The van der Waals surface area contributed by atoms with E-state index in [0.29, 0.717) is 17.7 Å². The molecule has 2 aromatic carbocycles. The Hall–Kier alpha value is -1.84. The maximum absolute atomic E-state index is 10.6. The molecule has 0 saturated heterocycles. The summed E-state index contributed by atoms with van der Waals surface area (Å²) in [5.41, 5.74) is 1.47. The van der Waals surface area contributed by atoms with Crippen LogP contribution in [0, 0.1) is 0 Å². The summed E-state index contributed by atoms with van der Waals surface area (Å²) < 4.78 is 5.62. The molecule has 0 fully saturated rings. The van der Waals surface area contributed by atoms with E-state index >= 15 is 0 Å². The highest BCUT2D eigenvalue weighted by molar-refractivity contribution is 5.38. The summed E-state index contributed by atoms with van der Waals surface area (Å²) in [5, 5.41) is 20.7. The zero-order valence-electron chi connectivity index (χ0n) is 9.78. The fourth-order valence-electron chi connectivity index (χ4n) is 2.28. The predicted molar refractivity (Wildman–Crippen MR) is 67.1 cm³/mol. The van der Waals surface area contributed by atoms with Gasteiger partial charge in [0, 0.05) is 12.0 Å². The Morgan fingerprint density at radius 2 is 1.67 bits per heavy atom. The van der Waals surface area contributed by atoms with Crippen molar-refractivity contribution in [3.8, 4) is 5.75 Å². The van der Waals surface area contributed by atoms with Crippen LogP contribution in [0.5, 0.6) is 5.75 Å². The van der Waals surface area contributed by atoms with Gasteiger partial charge in [0.25, 0.3) is 5.79 Å². The average molecular weight is 242 g/mol. The Kier molecular flexibility index (Phi) is 2.58. The second-order valence-electron chi connectivity index (χ2n) is 4.49. The predicted octanol–water partition coefficient (Wildman–Crippen LogP) is 1.83. The topological polar surface area (TPSA) is 49.7 Å². The van der Waals surface area contributed by atoms with Gasteiger partial charge in [0.15, 0.2) is 0 Å². The monoisotopic (exact) mass is 242 g/mol. The zero-order chi connectivity index (χ0) is 12.6. The molecule has 18 heavy (non-hydrogen) atoms. The Bertz CT molecular complexity index is 553. The van der Waals surface area contributed by atoms with E-state index in [0.717, 1.165) is 5.56 Å². The van der Waals surface area contributed by atoms with Crippen LogP contribution in [0.4, 0.5) is 0 Å². The van der Waals surface area contributed by atoms with Crippen molar-refractivity contribution < 1.29 is 14.9 Å². The number of benzene rings is 2. The van der Waals surface area contributed by atoms with Crippen LogP contribution < -0.4 is 4.74 Å². The molecule has 0 aromatic heterocycles. The van der Waals surface area contributed by atoms with Crippen molar-refractivity contribution in [1.82, 2.24) is 0 Å². The lowest BCUT2D eigenvalue weighted by Gasteiger charge is -2.38. The third kappa shape index (κ3) is 1.68. The highest BCUT2D eigenvalue weighted by Crippen LogP contribution is 2.37. The fourth-order valence-corrected chi connectivity index (χ4v) is 2.28. The molecule has 0 saturated carbocycles. The molecule has 0 spiro atoms. The standard InChI is InChI=1S/C15H14O3/c16-14-10-11-6-4-5-9-13(11)18-15(14,17)12-7-2-1-3-8-12/h1-9,14,16-17H,10H2/t14-,15-/m0/s1. The summed E-state index contributed by atoms with van der Waals surface area (Å²) in [7, 11) is 0. The van der Waals surface area contributed by atoms with Crippen molar-refractivity contribution in [3.05, 3.63) is 65.7 Å². The molecule has 0 radical (unpaired) electrons. The van der Waals surface area contributed by atoms with Crippen LogP contribution in [0.25, 0.3) is 0 Å². The fraction of sp³-hybridized carbons (Fsp3) is 0.200. The highest BCUT2D eigenvalue weighted by Gasteiger charge is 2.43. The van der Waals surface area contributed by atoms with Crippen molar-refractivity contribution in [1.29, 1.82) is 0 Å². The number of aliphatic hydroxyl groups is 2. The summed E-state index contributed by atoms with van der Waals surface area (Å²) in [6, 6.07) is 16.4. The van der Waals surface area contributed by atoms with Gasteiger partial charge in [-0.05, 0) is 11.6 Å². The molecule has 2 aromatic rings. The molecule has 0 amide bonds. The van der Waals surface area contributed by atoms with Crippen molar-refractivity contribution in [2.75, 3.05) is 0 Å². The first-order valence-electron chi connectivity index (χ1n) is 5.93. The molecule has 3 rings (SSSR count). The number of ether oxygens (including phenoxy) is 1. The maximum Gasteiger partial charge on any atom is 0.261 e. The van der Waals surface area contributed by atoms with Crippen LogP contribution in [0.15, 0.2) is 54.6 Å². The molecule has 2 atom stereocenters. The molecule has 0 unspecified atom stereocenters. The van der Waals surface area contributed by atoms with E-state index in [4.69, 9.17) is 4.74 Å². The van der Waals surface area contributed by atoms with Crippen LogP contribution in [-0.4, -0.2) is 16.3 Å². The lowest BCUT2D eigenvalue weighted by molar-refractivity contribution is -0.222. The average Bonchev–Trinajstić information content (AvgIpc) is 2.41. The number of hydrogen-bond donors (Lipinski definition) is 2. The third-order valence-electron chi connectivity index (χ3n) is 3.29. The van der Waals surface area contributed by atoms with E-state index in [2.05, 4.69) is 0 Å². The Labute approximate surface area is 105 Å². The minimum absolute atomic E-state index is 0.377. The van der Waals surface area contributed by atoms with E-state index in [-0.39, 0.29) is 0 Å². The number of rotatable bonds is 1. The quantitative estimate of drug-likeness (QED) is 0.802. The van der Waals surface area contributed by atoms with Crippen molar-refractivity contribution >= 4 is 0 Å². The molecule has 1 aliphatic rings. The first kappa shape index (κ1) is 11.3. The SMILES string of the molecule is O[C@H]1Cc2ccccc2O[C@@]1(O)c1ccccc1. The summed E-state index contributed by atoms with van der Waals surface area (Å²) in [5.74, 6) is -1.05. The van der Waals surface area contributed by atoms with Gasteiger partial charge >= 0.3 is 0 Å². The molecule has 3 nitrogen and oxygen atoms in total. The normalized spacial score (nSPS) is 26.2. The number of aliphatic hydroxyl groups excluding tert-OH is 1. The number of para-hydroxylation sites is 1. The van der Waals surface area contributed by atoms with Gasteiger partial charge in [-0.3, -0.25) is 0 Å². The van der Waals surface area contributed by atoms with Crippen LogP contribution >= 0.6 is 0 Å². The summed E-state index contributed by atoms with van der Waals surface area (Å²) in [6.07, 6.45) is -0.600. The molecular formula is C15H14O3. The Morgan fingerprint density at radius 3 is 2.44 bits per heavy atom. The molecular weight excluding hydrogens is 228 g/mol. The first-order chi connectivity index (χ1) is 8.70. The van der Waals surface area contributed by atoms with Crippen LogP contribution in [0.3, 0.4) is 0 Å². The third-order valence-corrected chi connectivity index (χ3v) is 3.29. The van der Waals surface area contributed by atoms with Crippen LogP contribution in [0.2, 0.25) is 0 Å². The highest BCUT2D eigenvalue weighted by atomic mass is 16.6. The van der Waals surface area contributed by atoms with E-state index in [1.54, 1.807) is 18.2 Å². The number of hydrogen-bond acceptors (Lipinski definition) is 3. The molecule has 92 valence electrons. The first-order valence-corrected chi connectivity index (χ1v) is 5.93. The maximum atomic E-state index is 10.6. The summed E-state index contributed by atoms with van der Waals surface area (Å²) >= 11 is 0. The van der Waals surface area contributed by atoms with Crippen molar-refractivity contribution in [3.63, 3.8) is 0 Å². The van der Waals surface area contributed by atoms with Gasteiger partial charge in [-0.2, -0.15) is 0 Å². The van der Waals surface area contributed by atoms with E-state index in [1.807, 2.05) is 36.4 Å². The summed E-state index contributed by atoms with van der Waals surface area (Å²) in [6.45, 7) is 0. The molecule has 1 aliphatic heterocycles. The van der Waals surface area contributed by atoms with E-state index < -0.39 is 11.9 Å². The largest absolute Gasteiger partial charge is 0.455 e. The second kappa shape index (κ2) is 4.12. The van der Waals surface area contributed by atoms with Crippen molar-refractivity contribution in [2.45, 2.75) is 18.3 Å². The van der Waals surface area contributed by atoms with Crippen LogP contribution in [-0.2, 0) is 12.2 Å². The minimum atomic E-state index is -1.67. The minimum Gasteiger partial charge on any atom is -0.455 e. The molecule has 3 heteroatoms. The van der Waals surface area contributed by atoms with Crippen LogP contribution in [0.1, 0.15) is 11.1 Å². The van der Waals surface area contributed by atoms with Gasteiger partial charge in [0.2, 0.25) is 0 Å². The molecule has 2 N–H and O–H groups in total. The molecule has 0 aliphatic carbocycles. The van der Waals surface area contributed by atoms with Gasteiger partial charge in [-0.1, -0.05) is 48.5 Å². The molecule has 0 bridgehead atoms. The van der Waals surface area contributed by atoms with Gasteiger partial charge < -0.3 is 14.9 Å². The van der Waals surface area contributed by atoms with E-state index in [9.17, 15) is 10.2 Å². The Morgan fingerprint density at radius 1 is 1.00 bits per heavy atom. The van der Waals surface area contributed by atoms with Gasteiger partial charge in [-0.25, -0.2) is 0 Å². The summed E-state index contributed by atoms with van der Waals surface area (Å²) in [4.78, 5) is 0. The lowest BCUT2D eigenvalue weighted by Crippen LogP contribution is -2.48. The lowest BCUT2D eigenvalue weighted by atomic mass is 9.91. The van der Waals surface area contributed by atoms with E-state index in [1.165, 1.54) is 0 Å².